The molecule has 0 saturated carbocycles. The summed E-state index contributed by atoms with van der Waals surface area (Å²) in [7, 11) is 1.76. The number of ether oxygens (including phenoxy) is 1. The van der Waals surface area contributed by atoms with Crippen LogP contribution >= 0.6 is 0 Å². The number of hydrogen-bond acceptors (Lipinski definition) is 4. The van der Waals surface area contributed by atoms with E-state index in [4.69, 9.17) is 4.74 Å². The predicted octanol–water partition coefficient (Wildman–Crippen LogP) is 3.05. The first-order valence-corrected chi connectivity index (χ1v) is 10.2. The molecule has 1 aromatic rings. The van der Waals surface area contributed by atoms with Crippen LogP contribution in [0.4, 0.5) is 0 Å². The molecule has 138 valence electrons. The van der Waals surface area contributed by atoms with Gasteiger partial charge in [-0.25, -0.2) is 0 Å². The summed E-state index contributed by atoms with van der Waals surface area (Å²) < 4.78 is 5.47. The van der Waals surface area contributed by atoms with Crippen LogP contribution in [0.15, 0.2) is 24.3 Å². The fourth-order valence-electron chi connectivity index (χ4n) is 5.05. The van der Waals surface area contributed by atoms with Crippen LogP contribution < -0.4 is 10.1 Å². The van der Waals surface area contributed by atoms with Gasteiger partial charge in [0.1, 0.15) is 5.75 Å². The molecule has 3 saturated heterocycles. The molecule has 0 unspecified atom stereocenters. The van der Waals surface area contributed by atoms with Crippen molar-refractivity contribution in [3.63, 3.8) is 0 Å². The Morgan fingerprint density at radius 3 is 2.84 bits per heavy atom. The quantitative estimate of drug-likeness (QED) is 0.859. The van der Waals surface area contributed by atoms with Crippen molar-refractivity contribution in [2.75, 3.05) is 39.8 Å². The normalized spacial score (nSPS) is 28.8. The topological polar surface area (TPSA) is 27.7 Å². The second kappa shape index (κ2) is 8.07. The molecule has 3 fully saturated rings. The number of benzene rings is 1. The highest BCUT2D eigenvalue weighted by atomic mass is 16.5. The van der Waals surface area contributed by atoms with Crippen molar-refractivity contribution >= 4 is 0 Å². The number of rotatable bonds is 6. The summed E-state index contributed by atoms with van der Waals surface area (Å²) in [6.07, 6.45) is 8.12. The summed E-state index contributed by atoms with van der Waals surface area (Å²) in [5.74, 6) is 0.973. The van der Waals surface area contributed by atoms with Crippen LogP contribution in [0, 0.1) is 0 Å². The summed E-state index contributed by atoms with van der Waals surface area (Å²) in [4.78, 5) is 5.37. The number of fused-ring (bicyclic) bond motifs is 1. The number of nitrogens with one attached hydrogen (secondary N) is 1. The summed E-state index contributed by atoms with van der Waals surface area (Å²) in [5.41, 5.74) is 1.40. The Kier molecular flexibility index (Phi) is 5.59. The largest absolute Gasteiger partial charge is 0.497 e. The van der Waals surface area contributed by atoms with Gasteiger partial charge >= 0.3 is 0 Å². The van der Waals surface area contributed by atoms with Gasteiger partial charge in [-0.15, -0.1) is 0 Å². The average molecular weight is 344 g/mol. The molecular weight excluding hydrogens is 310 g/mol. The maximum atomic E-state index is 5.47. The second-order valence-corrected chi connectivity index (χ2v) is 8.00. The van der Waals surface area contributed by atoms with E-state index in [-0.39, 0.29) is 0 Å². The van der Waals surface area contributed by atoms with Crippen LogP contribution in [0.1, 0.15) is 50.1 Å². The lowest BCUT2D eigenvalue weighted by Gasteiger charge is -2.37. The molecule has 3 heterocycles. The molecule has 3 aliphatic rings. The fraction of sp³-hybridized carbons (Fsp3) is 0.714. The molecule has 0 bridgehead atoms. The lowest BCUT2D eigenvalue weighted by atomic mass is 9.96. The standard InChI is InChI=1S/C21H33N3O/c1-25-20-8-4-6-17(14-20)21(24-10-2-3-11-24)16-22-18-9-13-23-12-5-7-19(23)15-18/h4,6,8,14,18-19,21-22H,2-3,5,7,9-13,15-16H2,1H3/t18-,19-,21-/m0/s1. The molecular formula is C21H33N3O. The van der Waals surface area contributed by atoms with Crippen LogP contribution in [0.25, 0.3) is 0 Å². The van der Waals surface area contributed by atoms with Crippen LogP contribution in [-0.2, 0) is 0 Å². The Morgan fingerprint density at radius 1 is 1.12 bits per heavy atom. The van der Waals surface area contributed by atoms with Crippen molar-refractivity contribution in [1.29, 1.82) is 0 Å². The van der Waals surface area contributed by atoms with Crippen molar-refractivity contribution in [1.82, 2.24) is 15.1 Å². The van der Waals surface area contributed by atoms with Gasteiger partial charge in [-0.1, -0.05) is 12.1 Å². The molecule has 0 spiro atoms. The predicted molar refractivity (Wildman–Crippen MR) is 102 cm³/mol. The van der Waals surface area contributed by atoms with Gasteiger partial charge in [-0.05, 0) is 82.4 Å². The van der Waals surface area contributed by atoms with E-state index < -0.39 is 0 Å². The summed E-state index contributed by atoms with van der Waals surface area (Å²) in [6, 6.07) is 10.7. The van der Waals surface area contributed by atoms with Gasteiger partial charge in [0, 0.05) is 24.7 Å². The maximum Gasteiger partial charge on any atom is 0.119 e. The first-order chi connectivity index (χ1) is 12.3. The summed E-state index contributed by atoms with van der Waals surface area (Å²) in [6.45, 7) is 6.13. The molecule has 4 heteroatoms. The van der Waals surface area contributed by atoms with Crippen LogP contribution in [0.2, 0.25) is 0 Å². The van der Waals surface area contributed by atoms with Gasteiger partial charge < -0.3 is 15.0 Å². The van der Waals surface area contributed by atoms with E-state index in [2.05, 4.69) is 33.3 Å². The minimum atomic E-state index is 0.471. The lowest BCUT2D eigenvalue weighted by Crippen LogP contribution is -2.47. The van der Waals surface area contributed by atoms with Gasteiger partial charge in [-0.3, -0.25) is 4.90 Å². The second-order valence-electron chi connectivity index (χ2n) is 8.00. The number of likely N-dealkylation sites (tertiary alicyclic amines) is 1. The first kappa shape index (κ1) is 17.3. The van der Waals surface area contributed by atoms with Gasteiger partial charge in [0.2, 0.25) is 0 Å². The van der Waals surface area contributed by atoms with E-state index >= 15 is 0 Å². The number of hydrogen-bond donors (Lipinski definition) is 1. The third kappa shape index (κ3) is 4.02. The number of piperidine rings is 1. The molecule has 25 heavy (non-hydrogen) atoms. The highest BCUT2D eigenvalue weighted by Gasteiger charge is 2.32. The minimum Gasteiger partial charge on any atom is -0.497 e. The smallest absolute Gasteiger partial charge is 0.119 e. The molecule has 0 aromatic heterocycles. The van der Waals surface area contributed by atoms with E-state index in [9.17, 15) is 0 Å². The van der Waals surface area contributed by atoms with E-state index in [1.165, 1.54) is 70.3 Å². The highest BCUT2D eigenvalue weighted by Crippen LogP contribution is 2.29. The number of methoxy groups -OCH3 is 1. The van der Waals surface area contributed by atoms with E-state index in [1.807, 2.05) is 6.07 Å². The Labute approximate surface area is 152 Å². The summed E-state index contributed by atoms with van der Waals surface area (Å²) >= 11 is 0. The minimum absolute atomic E-state index is 0.471. The maximum absolute atomic E-state index is 5.47. The zero-order valence-electron chi connectivity index (χ0n) is 15.6. The Hall–Kier alpha value is -1.10. The van der Waals surface area contributed by atoms with Crippen molar-refractivity contribution in [3.8, 4) is 5.75 Å². The lowest BCUT2D eigenvalue weighted by molar-refractivity contribution is 0.157. The van der Waals surface area contributed by atoms with Gasteiger partial charge in [-0.2, -0.15) is 0 Å². The zero-order valence-corrected chi connectivity index (χ0v) is 15.6. The number of nitrogens with zero attached hydrogens (tertiary/aromatic N) is 2. The molecule has 0 aliphatic carbocycles. The molecule has 3 aliphatic heterocycles. The Morgan fingerprint density at radius 2 is 2.00 bits per heavy atom. The van der Waals surface area contributed by atoms with Crippen LogP contribution in [0.3, 0.4) is 0 Å². The van der Waals surface area contributed by atoms with E-state index in [1.54, 1.807) is 7.11 Å². The van der Waals surface area contributed by atoms with Crippen LogP contribution in [-0.4, -0.2) is 61.7 Å². The fourth-order valence-corrected chi connectivity index (χ4v) is 5.05. The van der Waals surface area contributed by atoms with Gasteiger partial charge in [0.05, 0.1) is 7.11 Å². The van der Waals surface area contributed by atoms with Gasteiger partial charge in [0.15, 0.2) is 0 Å². The average Bonchev–Trinajstić information content (AvgIpc) is 3.33. The molecule has 4 rings (SSSR count). The molecule has 1 N–H and O–H groups in total. The zero-order chi connectivity index (χ0) is 17.1. The summed E-state index contributed by atoms with van der Waals surface area (Å²) in [5, 5.41) is 3.94. The highest BCUT2D eigenvalue weighted by molar-refractivity contribution is 5.31. The third-order valence-electron chi connectivity index (χ3n) is 6.48. The molecule has 0 radical (unpaired) electrons. The SMILES string of the molecule is COc1cccc([C@H](CN[C@H]2CCN3CCC[C@H]3C2)N2CCCC2)c1. The first-order valence-electron chi connectivity index (χ1n) is 10.2. The molecule has 1 aromatic carbocycles. The Bertz CT molecular complexity index is 558. The van der Waals surface area contributed by atoms with Crippen molar-refractivity contribution in [3.05, 3.63) is 29.8 Å². The molecule has 0 amide bonds. The third-order valence-corrected chi connectivity index (χ3v) is 6.48. The van der Waals surface area contributed by atoms with E-state index in [0.717, 1.165) is 18.3 Å². The van der Waals surface area contributed by atoms with Crippen LogP contribution in [0.5, 0.6) is 5.75 Å². The molecule has 4 nitrogen and oxygen atoms in total. The monoisotopic (exact) mass is 343 g/mol. The van der Waals surface area contributed by atoms with Crippen molar-refractivity contribution < 1.29 is 4.74 Å². The van der Waals surface area contributed by atoms with Gasteiger partial charge in [0.25, 0.3) is 0 Å². The van der Waals surface area contributed by atoms with E-state index in [0.29, 0.717) is 12.1 Å². The van der Waals surface area contributed by atoms with Crippen molar-refractivity contribution in [2.45, 2.75) is 56.7 Å². The molecule has 3 atom stereocenters. The van der Waals surface area contributed by atoms with Crippen molar-refractivity contribution in [2.24, 2.45) is 0 Å². The Balaban J connectivity index is 1.41.